The van der Waals surface area contributed by atoms with Gasteiger partial charge in [0, 0.05) is 136 Å². The summed E-state index contributed by atoms with van der Waals surface area (Å²) in [5, 5.41) is 38.8. The molecule has 0 radical (unpaired) electrons. The van der Waals surface area contributed by atoms with E-state index in [1.807, 2.05) is 0 Å². The van der Waals surface area contributed by atoms with Gasteiger partial charge in [-0.2, -0.15) is 52.7 Å². The number of halogens is 12. The number of carbonyl (C=O) groups is 4. The number of piperidine rings is 2. The van der Waals surface area contributed by atoms with Crippen LogP contribution in [0.15, 0.2) is 82.6 Å². The first-order valence-corrected chi connectivity index (χ1v) is 28.1. The van der Waals surface area contributed by atoms with Crippen molar-refractivity contribution >= 4 is 59.0 Å². The number of alkyl halides is 12. The number of rotatable bonds is 16. The van der Waals surface area contributed by atoms with Crippen LogP contribution >= 0.6 is 11.8 Å². The lowest BCUT2D eigenvalue weighted by atomic mass is 9.88. The SMILES string of the molecule is O=C(O)C1CCCN(c2ccccc2-c2cc(Sc3cc(-c4ccccc4N4CCCC(C(=O)O)C4)c(/C=C/C(=O)N4CCN(CCO)CC4)c(C(F)(F)F)c3C(F)(F)F)c(C(F)(F)F)c(C(F)(F)F)c2/C=C/C(=O)N2CCN(CCO)CC2)C1. The minimum atomic E-state index is -6.16. The number of aliphatic hydroxyl groups is 2. The number of aliphatic carboxylic acids is 2. The van der Waals surface area contributed by atoms with E-state index >= 15 is 52.7 Å². The van der Waals surface area contributed by atoms with Crippen molar-refractivity contribution in [3.8, 4) is 22.3 Å². The molecule has 4 N–H and O–H groups in total. The van der Waals surface area contributed by atoms with E-state index < -0.39 is 126 Å². The Bertz CT molecular complexity index is 2970. The van der Waals surface area contributed by atoms with Crippen LogP contribution in [0.1, 0.15) is 59.1 Å². The smallest absolute Gasteiger partial charge is 0.418 e. The molecule has 0 bridgehead atoms. The van der Waals surface area contributed by atoms with Crippen molar-refractivity contribution < 1.29 is 92.3 Å². The number of aliphatic hydroxyl groups excluding tert-OH is 2. The van der Waals surface area contributed by atoms with Gasteiger partial charge in [0.25, 0.3) is 0 Å². The van der Waals surface area contributed by atoms with Crippen molar-refractivity contribution in [2.45, 2.75) is 60.2 Å². The standard InChI is InChI=1S/C58H60F12N6O8S/c59-55(60,61)49-39(13-15-47(79)73-23-19-71(20-24-73)27-29-77)41(37-9-1-3-11-43(37)75-17-5-7-35(33-75)53(81)82)31-45(51(49)57(65,66)67)85-46-32-42(38-10-2-4-12-44(38)76-18-6-8-36(34-76)54(83)84)40(50(56(62,63)64)52(46)58(68,69)70)14-16-48(80)74-25-21-72(22-26-74)28-30-78/h1-4,9-16,31-32,35-36,77-78H,5-8,17-30,33-34H2,(H,81,82)(H,83,84)/b15-13+,16-14+. The summed E-state index contributed by atoms with van der Waals surface area (Å²) in [7, 11) is 0. The predicted molar refractivity (Wildman–Crippen MR) is 291 cm³/mol. The van der Waals surface area contributed by atoms with Gasteiger partial charge in [0.15, 0.2) is 0 Å². The summed E-state index contributed by atoms with van der Waals surface area (Å²) < 4.78 is 193. The van der Waals surface area contributed by atoms with Crippen molar-refractivity contribution in [3.05, 3.63) is 106 Å². The van der Waals surface area contributed by atoms with Crippen molar-refractivity contribution in [1.29, 1.82) is 0 Å². The maximum absolute atomic E-state index is 16.1. The van der Waals surface area contributed by atoms with Crippen LogP contribution in [-0.4, -0.2) is 169 Å². The van der Waals surface area contributed by atoms with Crippen molar-refractivity contribution in [1.82, 2.24) is 19.6 Å². The van der Waals surface area contributed by atoms with E-state index in [-0.39, 0.29) is 153 Å². The van der Waals surface area contributed by atoms with E-state index in [0.29, 0.717) is 36.4 Å². The van der Waals surface area contributed by atoms with Gasteiger partial charge in [-0.05, 0) is 84.4 Å². The minimum absolute atomic E-state index is 0.0167. The summed E-state index contributed by atoms with van der Waals surface area (Å²) in [5.74, 6) is -6.47. The number of carboxylic acid groups (broad SMARTS) is 2. The number of benzene rings is 4. The maximum Gasteiger partial charge on any atom is 0.418 e. The van der Waals surface area contributed by atoms with E-state index in [1.165, 1.54) is 68.1 Å². The highest BCUT2D eigenvalue weighted by atomic mass is 32.2. The summed E-state index contributed by atoms with van der Waals surface area (Å²) >= 11 is -0.682. The number of amides is 2. The second-order valence-corrected chi connectivity index (χ2v) is 22.1. The van der Waals surface area contributed by atoms with Crippen molar-refractivity contribution in [2.75, 3.05) is 115 Å². The van der Waals surface area contributed by atoms with E-state index in [2.05, 4.69) is 0 Å². The Morgan fingerprint density at radius 2 is 0.824 bits per heavy atom. The zero-order valence-electron chi connectivity index (χ0n) is 45.4. The van der Waals surface area contributed by atoms with Crippen LogP contribution in [0.2, 0.25) is 0 Å². The number of para-hydroxylation sites is 2. The van der Waals surface area contributed by atoms with Crippen LogP contribution in [-0.2, 0) is 43.9 Å². The molecule has 85 heavy (non-hydrogen) atoms. The lowest BCUT2D eigenvalue weighted by molar-refractivity contribution is -0.164. The molecule has 0 aromatic heterocycles. The Labute approximate surface area is 484 Å². The zero-order chi connectivity index (χ0) is 61.8. The van der Waals surface area contributed by atoms with E-state index in [0.717, 1.165) is 0 Å². The Morgan fingerprint density at radius 1 is 0.482 bits per heavy atom. The molecule has 4 heterocycles. The highest BCUT2D eigenvalue weighted by molar-refractivity contribution is 7.99. The first-order chi connectivity index (χ1) is 40.1. The molecule has 0 aliphatic carbocycles. The molecule has 14 nitrogen and oxygen atoms in total. The Morgan fingerprint density at radius 3 is 1.14 bits per heavy atom. The third-order valence-corrected chi connectivity index (χ3v) is 16.7. The van der Waals surface area contributed by atoms with E-state index in [9.17, 15) is 39.6 Å². The molecular weight excluding hydrogens is 1170 g/mol. The molecule has 4 aromatic carbocycles. The molecule has 0 saturated carbocycles. The number of nitrogens with zero attached hydrogens (tertiary/aromatic N) is 6. The molecule has 0 spiro atoms. The molecule has 4 aromatic rings. The largest absolute Gasteiger partial charge is 0.481 e. The number of carbonyl (C=O) groups excluding carboxylic acids is 2. The highest BCUT2D eigenvalue weighted by Gasteiger charge is 2.51. The Hall–Kier alpha value is -6.81. The second kappa shape index (κ2) is 26.4. The van der Waals surface area contributed by atoms with Gasteiger partial charge < -0.3 is 40.0 Å². The average Bonchev–Trinajstić information content (AvgIpc) is 1.55. The third-order valence-electron chi connectivity index (χ3n) is 15.6. The highest BCUT2D eigenvalue weighted by Crippen LogP contribution is 2.56. The van der Waals surface area contributed by atoms with Gasteiger partial charge in [0.2, 0.25) is 11.8 Å². The van der Waals surface area contributed by atoms with Crippen LogP contribution < -0.4 is 9.80 Å². The van der Waals surface area contributed by atoms with E-state index in [4.69, 9.17) is 0 Å². The van der Waals surface area contributed by atoms with Gasteiger partial charge in [0.1, 0.15) is 0 Å². The second-order valence-electron chi connectivity index (χ2n) is 21.0. The zero-order valence-corrected chi connectivity index (χ0v) is 46.2. The number of piperazine rings is 2. The van der Waals surface area contributed by atoms with Gasteiger partial charge in [-0.3, -0.25) is 29.0 Å². The predicted octanol–water partition coefficient (Wildman–Crippen LogP) is 10.1. The van der Waals surface area contributed by atoms with Gasteiger partial charge >= 0.3 is 36.6 Å². The third kappa shape index (κ3) is 14.9. The monoisotopic (exact) mass is 1230 g/mol. The van der Waals surface area contributed by atoms with Gasteiger partial charge in [-0.1, -0.05) is 48.2 Å². The number of β-amino-alcohol motifs (C(OH)–C–C–N with tert-alkyl or cyclic N) is 2. The number of carboxylic acids is 2. The number of hydrogen-bond acceptors (Lipinski definition) is 11. The summed E-state index contributed by atoms with van der Waals surface area (Å²) in [5.41, 5.74) is -15.2. The topological polar surface area (TPSA) is 169 Å². The lowest BCUT2D eigenvalue weighted by Crippen LogP contribution is -2.48. The molecule has 27 heteroatoms. The van der Waals surface area contributed by atoms with Crippen LogP contribution in [0.5, 0.6) is 0 Å². The van der Waals surface area contributed by atoms with Gasteiger partial charge in [0.05, 0.1) is 47.3 Å². The van der Waals surface area contributed by atoms with Gasteiger partial charge in [-0.25, -0.2) is 0 Å². The van der Waals surface area contributed by atoms with Crippen LogP contribution in [0.4, 0.5) is 64.1 Å². The molecule has 4 saturated heterocycles. The first kappa shape index (κ1) is 64.2. The number of anilines is 2. The summed E-state index contributed by atoms with van der Waals surface area (Å²) in [6.45, 7) is 0.371. The Balaban J connectivity index is 1.43. The fourth-order valence-corrected chi connectivity index (χ4v) is 12.7. The quantitative estimate of drug-likeness (QED) is 0.0619. The maximum atomic E-state index is 16.1. The summed E-state index contributed by atoms with van der Waals surface area (Å²) in [6.07, 6.45) is -21.6. The molecule has 2 amide bonds. The molecule has 460 valence electrons. The summed E-state index contributed by atoms with van der Waals surface area (Å²) in [6, 6.07) is 11.3. The van der Waals surface area contributed by atoms with Crippen LogP contribution in [0.3, 0.4) is 0 Å². The minimum Gasteiger partial charge on any atom is -0.481 e. The average molecular weight is 1230 g/mol. The van der Waals surface area contributed by atoms with Crippen molar-refractivity contribution in [3.63, 3.8) is 0 Å². The molecular formula is C58H60F12N6O8S. The molecule has 2 unspecified atom stereocenters. The fourth-order valence-electron chi connectivity index (χ4n) is 11.5. The molecule has 4 aliphatic heterocycles. The molecule has 8 rings (SSSR count). The lowest BCUT2D eigenvalue weighted by Gasteiger charge is -2.35. The molecule has 4 fully saturated rings. The van der Waals surface area contributed by atoms with Crippen LogP contribution in [0, 0.1) is 11.8 Å². The Kier molecular flexibility index (Phi) is 20.0. The molecule has 2 atom stereocenters. The summed E-state index contributed by atoms with van der Waals surface area (Å²) in [4.78, 5) is 57.6. The first-order valence-electron chi connectivity index (χ1n) is 27.2. The molecule has 4 aliphatic rings. The fraction of sp³-hybridized carbons (Fsp3) is 0.448. The van der Waals surface area contributed by atoms with E-state index in [1.54, 1.807) is 9.80 Å². The van der Waals surface area contributed by atoms with Crippen LogP contribution in [0.25, 0.3) is 34.4 Å². The van der Waals surface area contributed by atoms with Gasteiger partial charge in [-0.15, -0.1) is 0 Å². The van der Waals surface area contributed by atoms with Crippen molar-refractivity contribution in [2.24, 2.45) is 11.8 Å². The normalized spacial score (nSPS) is 19.1. The number of hydrogen-bond donors (Lipinski definition) is 4.